The summed E-state index contributed by atoms with van der Waals surface area (Å²) in [5.41, 5.74) is 0.552. The largest absolute Gasteiger partial charge is 0.491 e. The van der Waals surface area contributed by atoms with Gasteiger partial charge in [0.2, 0.25) is 0 Å². The van der Waals surface area contributed by atoms with Crippen molar-refractivity contribution < 1.29 is 19.0 Å². The Balaban J connectivity index is 1.60. The Morgan fingerprint density at radius 1 is 1.26 bits per heavy atom. The van der Waals surface area contributed by atoms with E-state index >= 15 is 0 Å². The zero-order valence-electron chi connectivity index (χ0n) is 13.5. The van der Waals surface area contributed by atoms with Crippen LogP contribution in [-0.4, -0.2) is 38.1 Å². The lowest BCUT2D eigenvalue weighted by atomic mass is 9.87. The quantitative estimate of drug-likeness (QED) is 0.809. The molecule has 4 nitrogen and oxygen atoms in total. The van der Waals surface area contributed by atoms with Crippen LogP contribution >= 0.6 is 0 Å². The van der Waals surface area contributed by atoms with E-state index < -0.39 is 0 Å². The lowest BCUT2D eigenvalue weighted by Gasteiger charge is -2.40. The highest BCUT2D eigenvalue weighted by molar-refractivity contribution is 5.56. The number of hydrogen-bond donors (Lipinski definition) is 2. The van der Waals surface area contributed by atoms with Crippen molar-refractivity contribution in [2.45, 2.75) is 32.1 Å². The first-order valence-corrected chi connectivity index (χ1v) is 8.56. The first-order chi connectivity index (χ1) is 11.2. The van der Waals surface area contributed by atoms with Gasteiger partial charge >= 0.3 is 0 Å². The molecule has 128 valence electrons. The zero-order valence-corrected chi connectivity index (χ0v) is 13.5. The van der Waals surface area contributed by atoms with Crippen molar-refractivity contribution in [3.8, 4) is 5.75 Å². The Labute approximate surface area is 137 Å². The van der Waals surface area contributed by atoms with Crippen LogP contribution in [0.15, 0.2) is 18.2 Å². The summed E-state index contributed by atoms with van der Waals surface area (Å²) in [7, 11) is 0. The van der Waals surface area contributed by atoms with E-state index in [1.165, 1.54) is 44.2 Å². The molecule has 0 spiro atoms. The summed E-state index contributed by atoms with van der Waals surface area (Å²) >= 11 is 0. The summed E-state index contributed by atoms with van der Waals surface area (Å²) in [6.07, 6.45) is 6.24. The van der Waals surface area contributed by atoms with Gasteiger partial charge in [0.25, 0.3) is 0 Å². The second kappa shape index (κ2) is 7.49. The van der Waals surface area contributed by atoms with Crippen LogP contribution in [0.5, 0.6) is 5.75 Å². The predicted molar refractivity (Wildman–Crippen MR) is 87.3 cm³/mol. The van der Waals surface area contributed by atoms with Crippen LogP contribution in [0.3, 0.4) is 0 Å². The van der Waals surface area contributed by atoms with Gasteiger partial charge < -0.3 is 19.9 Å². The molecule has 1 aliphatic carbocycles. The first-order valence-electron chi connectivity index (χ1n) is 8.56. The van der Waals surface area contributed by atoms with Crippen LogP contribution in [0.4, 0.5) is 10.1 Å². The van der Waals surface area contributed by atoms with E-state index in [2.05, 4.69) is 5.32 Å². The Morgan fingerprint density at radius 2 is 2.04 bits per heavy atom. The fraction of sp³-hybridized carbons (Fsp3) is 0.667. The number of nitrogens with one attached hydrogen (secondary N) is 1. The van der Waals surface area contributed by atoms with Gasteiger partial charge in [0.1, 0.15) is 11.6 Å². The Hall–Kier alpha value is -1.33. The minimum atomic E-state index is -0.293. The molecule has 5 heteroatoms. The molecule has 1 saturated heterocycles. The molecule has 2 N–H and O–H groups in total. The Bertz CT molecular complexity index is 507. The molecule has 0 aromatic heterocycles. The molecular weight excluding hydrogens is 297 g/mol. The summed E-state index contributed by atoms with van der Waals surface area (Å²) in [4.78, 5) is 0. The molecule has 23 heavy (non-hydrogen) atoms. The second-order valence-electron chi connectivity index (χ2n) is 6.96. The molecule has 2 fully saturated rings. The normalized spacial score (nSPS) is 20.8. The molecular formula is C18H26FNO3. The van der Waals surface area contributed by atoms with Crippen molar-refractivity contribution in [1.29, 1.82) is 0 Å². The lowest BCUT2D eigenvalue weighted by Crippen LogP contribution is -2.50. The van der Waals surface area contributed by atoms with E-state index in [1.54, 1.807) is 6.07 Å². The molecule has 0 amide bonds. The maximum absolute atomic E-state index is 13.6. The highest BCUT2D eigenvalue weighted by atomic mass is 19.1. The summed E-state index contributed by atoms with van der Waals surface area (Å²) in [6.45, 7) is 2.42. The molecule has 1 saturated carbocycles. The number of halogens is 1. The third-order valence-electron chi connectivity index (χ3n) is 4.95. The van der Waals surface area contributed by atoms with Gasteiger partial charge in [-0.25, -0.2) is 4.39 Å². The first kappa shape index (κ1) is 16.5. The lowest BCUT2D eigenvalue weighted by molar-refractivity contribution is -0.128. The third kappa shape index (κ3) is 4.15. The highest BCUT2D eigenvalue weighted by Gasteiger charge is 2.38. The smallest absolute Gasteiger partial charge is 0.145 e. The van der Waals surface area contributed by atoms with E-state index in [4.69, 9.17) is 9.47 Å². The second-order valence-corrected chi connectivity index (χ2v) is 6.96. The maximum atomic E-state index is 13.6. The van der Waals surface area contributed by atoms with Crippen molar-refractivity contribution >= 4 is 5.69 Å². The van der Waals surface area contributed by atoms with E-state index in [1.807, 2.05) is 0 Å². The Kier molecular flexibility index (Phi) is 5.38. The van der Waals surface area contributed by atoms with Crippen molar-refractivity contribution in [2.75, 3.05) is 38.3 Å². The summed E-state index contributed by atoms with van der Waals surface area (Å²) in [5.74, 6) is 0.839. The average molecular weight is 323 g/mol. The average Bonchev–Trinajstić information content (AvgIpc) is 2.55. The van der Waals surface area contributed by atoms with Crippen LogP contribution in [0, 0.1) is 17.2 Å². The molecule has 0 bridgehead atoms. The maximum Gasteiger partial charge on any atom is 0.145 e. The molecule has 0 atom stereocenters. The third-order valence-corrected chi connectivity index (χ3v) is 4.95. The Morgan fingerprint density at radius 3 is 2.70 bits per heavy atom. The van der Waals surface area contributed by atoms with Crippen molar-refractivity contribution in [2.24, 2.45) is 11.3 Å². The predicted octanol–water partition coefficient (Wildman–Crippen LogP) is 3.21. The van der Waals surface area contributed by atoms with Gasteiger partial charge in [-0.05, 0) is 30.9 Å². The molecule has 0 unspecified atom stereocenters. The van der Waals surface area contributed by atoms with Crippen LogP contribution in [0.2, 0.25) is 0 Å². The number of hydrogen-bond acceptors (Lipinski definition) is 4. The topological polar surface area (TPSA) is 50.7 Å². The van der Waals surface area contributed by atoms with E-state index in [0.717, 1.165) is 5.69 Å². The standard InChI is InChI=1S/C18H26FNO3/c19-15-6-7-16(20-10-18(11-21)12-22-13-18)17(8-15)23-9-14-4-2-1-3-5-14/h6-8,14,20-21H,1-5,9-13H2. The van der Waals surface area contributed by atoms with E-state index in [-0.39, 0.29) is 17.8 Å². The van der Waals surface area contributed by atoms with Crippen LogP contribution in [0.1, 0.15) is 32.1 Å². The molecule has 3 rings (SSSR count). The molecule has 1 aromatic carbocycles. The summed E-state index contributed by atoms with van der Waals surface area (Å²) in [5, 5.41) is 12.8. The molecule has 0 radical (unpaired) electrons. The van der Waals surface area contributed by atoms with Gasteiger partial charge in [-0.15, -0.1) is 0 Å². The van der Waals surface area contributed by atoms with Crippen LogP contribution < -0.4 is 10.1 Å². The van der Waals surface area contributed by atoms with Gasteiger partial charge in [0.05, 0.1) is 37.5 Å². The summed E-state index contributed by atoms with van der Waals surface area (Å²) in [6, 6.07) is 4.57. The number of anilines is 1. The van der Waals surface area contributed by atoms with Gasteiger partial charge in [-0.3, -0.25) is 0 Å². The van der Waals surface area contributed by atoms with Crippen molar-refractivity contribution in [1.82, 2.24) is 0 Å². The molecule has 1 aromatic rings. The van der Waals surface area contributed by atoms with E-state index in [0.29, 0.717) is 38.0 Å². The fourth-order valence-corrected chi connectivity index (χ4v) is 3.25. The highest BCUT2D eigenvalue weighted by Crippen LogP contribution is 2.32. The van der Waals surface area contributed by atoms with Gasteiger partial charge in [0.15, 0.2) is 0 Å². The SMILES string of the molecule is OCC1(CNc2ccc(F)cc2OCC2CCCCC2)COC1. The summed E-state index contributed by atoms with van der Waals surface area (Å²) < 4.78 is 24.7. The minimum Gasteiger partial charge on any atom is -0.491 e. The zero-order chi connectivity index (χ0) is 16.1. The number of benzene rings is 1. The van der Waals surface area contributed by atoms with E-state index in [9.17, 15) is 9.50 Å². The minimum absolute atomic E-state index is 0.0828. The van der Waals surface area contributed by atoms with Crippen LogP contribution in [-0.2, 0) is 4.74 Å². The van der Waals surface area contributed by atoms with Gasteiger partial charge in [-0.1, -0.05) is 19.3 Å². The van der Waals surface area contributed by atoms with Gasteiger partial charge in [0, 0.05) is 12.6 Å². The molecule has 1 heterocycles. The van der Waals surface area contributed by atoms with Crippen LogP contribution in [0.25, 0.3) is 0 Å². The monoisotopic (exact) mass is 323 g/mol. The van der Waals surface area contributed by atoms with Crippen molar-refractivity contribution in [3.63, 3.8) is 0 Å². The number of aliphatic hydroxyl groups excluding tert-OH is 1. The number of ether oxygens (including phenoxy) is 2. The molecule has 2 aliphatic rings. The number of aliphatic hydroxyl groups is 1. The molecule has 1 aliphatic heterocycles. The van der Waals surface area contributed by atoms with Gasteiger partial charge in [-0.2, -0.15) is 0 Å². The number of rotatable bonds is 7. The van der Waals surface area contributed by atoms with Crippen molar-refractivity contribution in [3.05, 3.63) is 24.0 Å². The fourth-order valence-electron chi connectivity index (χ4n) is 3.25.